The summed E-state index contributed by atoms with van der Waals surface area (Å²) in [6.45, 7) is 6.01. The van der Waals surface area contributed by atoms with Crippen molar-refractivity contribution < 1.29 is 14.3 Å². The van der Waals surface area contributed by atoms with E-state index in [-0.39, 0.29) is 13.2 Å². The van der Waals surface area contributed by atoms with Gasteiger partial charge in [0, 0.05) is 35.8 Å². The second-order valence-corrected chi connectivity index (χ2v) is 7.41. The minimum absolute atomic E-state index is 0.202. The fourth-order valence-electron chi connectivity index (χ4n) is 3.79. The Morgan fingerprint density at radius 1 is 1.17 bits per heavy atom. The molecule has 0 radical (unpaired) electrons. The summed E-state index contributed by atoms with van der Waals surface area (Å²) in [5.41, 5.74) is 1.92. The largest absolute Gasteiger partial charge is 0.476 e. The number of hydrogen-bond acceptors (Lipinski definition) is 6. The molecule has 0 aliphatic carbocycles. The van der Waals surface area contributed by atoms with Crippen molar-refractivity contribution in [2.24, 2.45) is 0 Å². The minimum atomic E-state index is -0.650. The average molecular weight is 407 g/mol. The van der Waals surface area contributed by atoms with Gasteiger partial charge in [-0.1, -0.05) is 18.2 Å². The van der Waals surface area contributed by atoms with Crippen molar-refractivity contribution in [1.82, 2.24) is 20.3 Å². The first-order valence-corrected chi connectivity index (χ1v) is 10.2. The molecule has 4 rings (SSSR count). The summed E-state index contributed by atoms with van der Waals surface area (Å²) in [5, 5.41) is 3.38. The number of aryl methyl sites for hydroxylation is 2. The first-order chi connectivity index (χ1) is 14.5. The van der Waals surface area contributed by atoms with E-state index in [1.54, 1.807) is 6.92 Å². The average Bonchev–Trinajstić information content (AvgIpc) is 3.37. The highest BCUT2D eigenvalue weighted by Crippen LogP contribution is 2.23. The molecule has 156 valence electrons. The number of H-pyrrole nitrogens is 1. The number of nitrogens with one attached hydrogen (secondary N) is 2. The molecule has 8 heteroatoms. The molecule has 3 aromatic rings. The van der Waals surface area contributed by atoms with Gasteiger partial charge in [-0.3, -0.25) is 9.59 Å². The summed E-state index contributed by atoms with van der Waals surface area (Å²) < 4.78 is 5.69. The van der Waals surface area contributed by atoms with Gasteiger partial charge in [-0.25, -0.2) is 4.98 Å². The fraction of sp³-hybridized carbons (Fsp3) is 0.364. The van der Waals surface area contributed by atoms with Gasteiger partial charge in [-0.15, -0.1) is 0 Å². The molecule has 0 bridgehead atoms. The standard InChI is InChI=1S/C22H25N5O3/c1-14-20(16-7-3-4-8-17(16)24-14)21(28)22(29)23-9-12-30-19-13-18(25-15(2)26-19)27-10-5-6-11-27/h3-4,7-8,13,24H,5-6,9-12H2,1-2H3,(H,23,29). The Morgan fingerprint density at radius 2 is 1.93 bits per heavy atom. The van der Waals surface area contributed by atoms with Crippen molar-refractivity contribution in [2.45, 2.75) is 26.7 Å². The van der Waals surface area contributed by atoms with E-state index in [4.69, 9.17) is 4.74 Å². The third-order valence-electron chi connectivity index (χ3n) is 5.20. The summed E-state index contributed by atoms with van der Waals surface area (Å²) >= 11 is 0. The number of anilines is 1. The predicted molar refractivity (Wildman–Crippen MR) is 114 cm³/mol. The highest BCUT2D eigenvalue weighted by atomic mass is 16.5. The zero-order chi connectivity index (χ0) is 21.1. The quantitative estimate of drug-likeness (QED) is 0.355. The third-order valence-corrected chi connectivity index (χ3v) is 5.20. The smallest absolute Gasteiger partial charge is 0.292 e. The molecule has 3 heterocycles. The Labute approximate surface area is 174 Å². The van der Waals surface area contributed by atoms with Crippen LogP contribution in [0.15, 0.2) is 30.3 Å². The van der Waals surface area contributed by atoms with Gasteiger partial charge in [0.25, 0.3) is 11.7 Å². The number of carbonyl (C=O) groups excluding carboxylic acids is 2. The molecule has 8 nitrogen and oxygen atoms in total. The molecular formula is C22H25N5O3. The molecule has 0 saturated carbocycles. The van der Waals surface area contributed by atoms with Gasteiger partial charge in [0.1, 0.15) is 18.2 Å². The maximum Gasteiger partial charge on any atom is 0.292 e. The maximum absolute atomic E-state index is 12.6. The molecule has 1 amide bonds. The Morgan fingerprint density at radius 3 is 2.73 bits per heavy atom. The van der Waals surface area contributed by atoms with Crippen molar-refractivity contribution in [2.75, 3.05) is 31.1 Å². The number of fused-ring (bicyclic) bond motifs is 1. The van der Waals surface area contributed by atoms with E-state index < -0.39 is 11.7 Å². The third kappa shape index (κ3) is 4.12. The highest BCUT2D eigenvalue weighted by Gasteiger charge is 2.22. The molecule has 0 atom stereocenters. The monoisotopic (exact) mass is 407 g/mol. The zero-order valence-corrected chi connectivity index (χ0v) is 17.2. The summed E-state index contributed by atoms with van der Waals surface area (Å²) in [4.78, 5) is 39.1. The SMILES string of the molecule is Cc1nc(OCCNC(=O)C(=O)c2c(C)[nH]c3ccccc23)cc(N2CCCC2)n1. The minimum Gasteiger partial charge on any atom is -0.476 e. The van der Waals surface area contributed by atoms with Crippen molar-refractivity contribution in [3.63, 3.8) is 0 Å². The number of ketones is 1. The molecule has 1 aliphatic rings. The van der Waals surface area contributed by atoms with E-state index in [1.165, 1.54) is 0 Å². The second kappa shape index (κ2) is 8.52. The number of nitrogens with zero attached hydrogens (tertiary/aromatic N) is 3. The molecule has 2 N–H and O–H groups in total. The Balaban J connectivity index is 1.34. The van der Waals surface area contributed by atoms with Gasteiger partial charge in [-0.05, 0) is 32.8 Å². The van der Waals surface area contributed by atoms with Crippen LogP contribution in [0.1, 0.15) is 34.7 Å². The lowest BCUT2D eigenvalue weighted by molar-refractivity contribution is -0.117. The fourth-order valence-corrected chi connectivity index (χ4v) is 3.79. The second-order valence-electron chi connectivity index (χ2n) is 7.41. The lowest BCUT2D eigenvalue weighted by atomic mass is 10.1. The van der Waals surface area contributed by atoms with Crippen LogP contribution in [-0.2, 0) is 4.79 Å². The maximum atomic E-state index is 12.6. The van der Waals surface area contributed by atoms with Gasteiger partial charge < -0.3 is 19.9 Å². The lowest BCUT2D eigenvalue weighted by Crippen LogP contribution is -2.34. The van der Waals surface area contributed by atoms with E-state index in [1.807, 2.05) is 37.3 Å². The van der Waals surface area contributed by atoms with Crippen molar-refractivity contribution >= 4 is 28.4 Å². The number of benzene rings is 1. The number of Topliss-reactive ketones (excluding diaryl/α,β-unsaturated/α-hetero) is 1. The lowest BCUT2D eigenvalue weighted by Gasteiger charge is -2.17. The van der Waals surface area contributed by atoms with Crippen LogP contribution in [0.4, 0.5) is 5.82 Å². The number of ether oxygens (including phenoxy) is 1. The number of rotatable bonds is 7. The Hall–Kier alpha value is -3.42. The Kier molecular flexibility index (Phi) is 5.65. The number of para-hydroxylation sites is 1. The van der Waals surface area contributed by atoms with Crippen molar-refractivity contribution in [3.05, 3.63) is 47.4 Å². The van der Waals surface area contributed by atoms with E-state index in [0.717, 1.165) is 42.7 Å². The molecule has 1 aromatic carbocycles. The van der Waals surface area contributed by atoms with E-state index in [9.17, 15) is 9.59 Å². The molecule has 2 aromatic heterocycles. The molecule has 1 fully saturated rings. The number of aromatic nitrogens is 3. The summed E-state index contributed by atoms with van der Waals surface area (Å²) in [7, 11) is 0. The molecule has 0 unspecified atom stereocenters. The summed E-state index contributed by atoms with van der Waals surface area (Å²) in [6, 6.07) is 9.26. The van der Waals surface area contributed by atoms with Gasteiger partial charge in [0.05, 0.1) is 12.1 Å². The van der Waals surface area contributed by atoms with Crippen LogP contribution in [-0.4, -0.2) is 52.9 Å². The van der Waals surface area contributed by atoms with Crippen LogP contribution in [0.3, 0.4) is 0 Å². The van der Waals surface area contributed by atoms with Gasteiger partial charge in [-0.2, -0.15) is 4.98 Å². The van der Waals surface area contributed by atoms with E-state index >= 15 is 0 Å². The van der Waals surface area contributed by atoms with Gasteiger partial charge >= 0.3 is 0 Å². The number of aromatic amines is 1. The topological polar surface area (TPSA) is 100 Å². The zero-order valence-electron chi connectivity index (χ0n) is 17.2. The first kappa shape index (κ1) is 19.9. The van der Waals surface area contributed by atoms with Crippen LogP contribution < -0.4 is 15.0 Å². The van der Waals surface area contributed by atoms with Crippen LogP contribution in [0, 0.1) is 13.8 Å². The number of amides is 1. The van der Waals surface area contributed by atoms with Crippen LogP contribution in [0.5, 0.6) is 5.88 Å². The molecule has 0 spiro atoms. The summed E-state index contributed by atoms with van der Waals surface area (Å²) in [6.07, 6.45) is 2.32. The molecular weight excluding hydrogens is 382 g/mol. The van der Waals surface area contributed by atoms with Crippen molar-refractivity contribution in [1.29, 1.82) is 0 Å². The predicted octanol–water partition coefficient (Wildman–Crippen LogP) is 2.55. The molecule has 1 aliphatic heterocycles. The van der Waals surface area contributed by atoms with E-state index in [0.29, 0.717) is 23.0 Å². The van der Waals surface area contributed by atoms with E-state index in [2.05, 4.69) is 25.2 Å². The normalized spacial score (nSPS) is 13.6. The van der Waals surface area contributed by atoms with Crippen LogP contribution in [0.2, 0.25) is 0 Å². The first-order valence-electron chi connectivity index (χ1n) is 10.2. The van der Waals surface area contributed by atoms with Crippen LogP contribution >= 0.6 is 0 Å². The van der Waals surface area contributed by atoms with Crippen LogP contribution in [0.25, 0.3) is 10.9 Å². The van der Waals surface area contributed by atoms with Gasteiger partial charge in [0.2, 0.25) is 5.88 Å². The number of hydrogen-bond donors (Lipinski definition) is 2. The molecule has 1 saturated heterocycles. The Bertz CT molecular complexity index is 1090. The highest BCUT2D eigenvalue weighted by molar-refractivity contribution is 6.45. The summed E-state index contributed by atoms with van der Waals surface area (Å²) in [5.74, 6) is 0.770. The molecule has 30 heavy (non-hydrogen) atoms. The van der Waals surface area contributed by atoms with Crippen molar-refractivity contribution in [3.8, 4) is 5.88 Å². The number of carbonyl (C=O) groups is 2. The van der Waals surface area contributed by atoms with Gasteiger partial charge in [0.15, 0.2) is 0 Å².